The van der Waals surface area contributed by atoms with Gasteiger partial charge in [0.25, 0.3) is 0 Å². The number of hydrogen-bond acceptors (Lipinski definition) is 3. The Morgan fingerprint density at radius 1 is 1.26 bits per heavy atom. The topological polar surface area (TPSA) is 44.1 Å². The van der Waals surface area contributed by atoms with E-state index < -0.39 is 6.10 Å². The molecule has 0 spiro atoms. The molecule has 0 bridgehead atoms. The lowest BCUT2D eigenvalue weighted by Crippen LogP contribution is -2.26. The summed E-state index contributed by atoms with van der Waals surface area (Å²) in [5.41, 5.74) is 1.44. The first kappa shape index (κ1) is 13.5. The first-order chi connectivity index (χ1) is 9.27. The van der Waals surface area contributed by atoms with Crippen molar-refractivity contribution in [1.82, 2.24) is 9.78 Å². The third-order valence-corrected chi connectivity index (χ3v) is 2.93. The van der Waals surface area contributed by atoms with Crippen molar-refractivity contribution in [2.45, 2.75) is 26.4 Å². The maximum Gasteiger partial charge on any atom is 0.209 e. The second-order valence-electron chi connectivity index (χ2n) is 4.18. The summed E-state index contributed by atoms with van der Waals surface area (Å²) >= 11 is 0. The van der Waals surface area contributed by atoms with Gasteiger partial charge >= 0.3 is 0 Å². The van der Waals surface area contributed by atoms with Gasteiger partial charge in [0.15, 0.2) is 0 Å². The molecule has 4 nitrogen and oxygen atoms in total. The Labute approximate surface area is 113 Å². The van der Waals surface area contributed by atoms with Crippen LogP contribution in [0.2, 0.25) is 0 Å². The highest BCUT2D eigenvalue weighted by atomic mass is 16.5. The fraction of sp³-hybridized carbons (Fsp3) is 0.333. The number of para-hydroxylation sites is 1. The van der Waals surface area contributed by atoms with E-state index in [1.54, 1.807) is 16.9 Å². The molecule has 1 unspecified atom stereocenters. The van der Waals surface area contributed by atoms with Crippen LogP contribution in [0.5, 0.6) is 0 Å². The average molecular weight is 258 g/mol. The van der Waals surface area contributed by atoms with Gasteiger partial charge in [0, 0.05) is 6.61 Å². The van der Waals surface area contributed by atoms with Gasteiger partial charge < -0.3 is 4.74 Å². The number of benzene rings is 1. The molecule has 19 heavy (non-hydrogen) atoms. The molecule has 0 fully saturated rings. The van der Waals surface area contributed by atoms with Crippen LogP contribution in [0.3, 0.4) is 0 Å². The van der Waals surface area contributed by atoms with Crippen LogP contribution in [0, 0.1) is 0 Å². The van der Waals surface area contributed by atoms with Crippen LogP contribution in [0.1, 0.15) is 30.8 Å². The van der Waals surface area contributed by atoms with E-state index in [1.165, 1.54) is 0 Å². The first-order valence-electron chi connectivity index (χ1n) is 6.53. The van der Waals surface area contributed by atoms with Crippen molar-refractivity contribution in [2.75, 3.05) is 6.61 Å². The average Bonchev–Trinajstić information content (AvgIpc) is 2.94. The number of carbonyl (C=O) groups excluding carboxylic acids is 1. The van der Waals surface area contributed by atoms with Crippen LogP contribution >= 0.6 is 0 Å². The number of hydrogen-bond donors (Lipinski definition) is 0. The van der Waals surface area contributed by atoms with Crippen LogP contribution in [0.15, 0.2) is 42.6 Å². The smallest absolute Gasteiger partial charge is 0.209 e. The summed E-state index contributed by atoms with van der Waals surface area (Å²) in [4.78, 5) is 12.4. The summed E-state index contributed by atoms with van der Waals surface area (Å²) in [5, 5.41) is 4.22. The molecule has 1 aromatic heterocycles. The van der Waals surface area contributed by atoms with Crippen LogP contribution in [-0.4, -0.2) is 28.3 Å². The second kappa shape index (κ2) is 6.29. The molecule has 2 rings (SSSR count). The van der Waals surface area contributed by atoms with Gasteiger partial charge in [-0.3, -0.25) is 4.79 Å². The summed E-state index contributed by atoms with van der Waals surface area (Å²) in [5.74, 6) is -0.0225. The Morgan fingerprint density at radius 2 is 2.00 bits per heavy atom. The van der Waals surface area contributed by atoms with Crippen molar-refractivity contribution < 1.29 is 9.53 Å². The quantitative estimate of drug-likeness (QED) is 0.748. The number of Topliss-reactive ketones (excluding diaryl/α,β-unsaturated/α-hetero) is 1. The minimum atomic E-state index is -0.399. The number of rotatable bonds is 6. The van der Waals surface area contributed by atoms with Crippen LogP contribution in [-0.2, 0) is 4.74 Å². The third kappa shape index (κ3) is 2.90. The van der Waals surface area contributed by atoms with Crippen molar-refractivity contribution in [1.29, 1.82) is 0 Å². The van der Waals surface area contributed by atoms with E-state index in [0.717, 1.165) is 5.69 Å². The van der Waals surface area contributed by atoms with Gasteiger partial charge in [0.05, 0.1) is 11.9 Å². The summed E-state index contributed by atoms with van der Waals surface area (Å²) in [6, 6.07) is 11.4. The Kier molecular flexibility index (Phi) is 4.47. The van der Waals surface area contributed by atoms with E-state index in [4.69, 9.17) is 4.74 Å². The highest BCUT2D eigenvalue weighted by Crippen LogP contribution is 2.14. The fourth-order valence-electron chi connectivity index (χ4n) is 2.01. The minimum Gasteiger partial charge on any atom is -0.370 e. The van der Waals surface area contributed by atoms with Gasteiger partial charge in [-0.05, 0) is 31.5 Å². The molecule has 0 amide bonds. The molecule has 1 heterocycles. The summed E-state index contributed by atoms with van der Waals surface area (Å²) in [6.07, 6.45) is 1.90. The van der Waals surface area contributed by atoms with Crippen molar-refractivity contribution in [3.05, 3.63) is 48.3 Å². The lowest BCUT2D eigenvalue weighted by atomic mass is 10.1. The predicted octanol–water partition coefficient (Wildman–Crippen LogP) is 2.87. The van der Waals surface area contributed by atoms with E-state index in [9.17, 15) is 4.79 Å². The second-order valence-corrected chi connectivity index (χ2v) is 4.18. The molecular formula is C15H18N2O2. The van der Waals surface area contributed by atoms with Gasteiger partial charge in [0.2, 0.25) is 5.78 Å². The lowest BCUT2D eigenvalue weighted by molar-refractivity contribution is 0.0437. The molecule has 0 aliphatic rings. The van der Waals surface area contributed by atoms with Gasteiger partial charge in [-0.1, -0.05) is 25.1 Å². The minimum absolute atomic E-state index is 0.0225. The molecule has 0 saturated heterocycles. The summed E-state index contributed by atoms with van der Waals surface area (Å²) in [7, 11) is 0. The van der Waals surface area contributed by atoms with Crippen molar-refractivity contribution in [3.8, 4) is 5.69 Å². The molecule has 0 radical (unpaired) electrons. The number of ether oxygens (including phenoxy) is 1. The van der Waals surface area contributed by atoms with Crippen LogP contribution in [0.25, 0.3) is 5.69 Å². The predicted molar refractivity (Wildman–Crippen MR) is 73.6 cm³/mol. The Bertz CT molecular complexity index is 534. The van der Waals surface area contributed by atoms with Gasteiger partial charge in [-0.25, -0.2) is 4.68 Å². The number of carbonyl (C=O) groups is 1. The van der Waals surface area contributed by atoms with Crippen molar-refractivity contribution >= 4 is 5.78 Å². The number of aromatic nitrogens is 2. The largest absolute Gasteiger partial charge is 0.370 e. The number of ketones is 1. The molecule has 2 aromatic rings. The Hall–Kier alpha value is -1.94. The third-order valence-electron chi connectivity index (χ3n) is 2.93. The van der Waals surface area contributed by atoms with Crippen LogP contribution in [0.4, 0.5) is 0 Å². The monoisotopic (exact) mass is 258 g/mol. The molecule has 1 atom stereocenters. The normalized spacial score (nSPS) is 12.3. The molecule has 100 valence electrons. The van der Waals surface area contributed by atoms with Crippen molar-refractivity contribution in [3.63, 3.8) is 0 Å². The van der Waals surface area contributed by atoms with Gasteiger partial charge in [-0.15, -0.1) is 0 Å². The standard InChI is InChI=1S/C15H18N2O2/c1-3-14(19-4-2)15(18)13-10-11-16-17(13)12-8-6-5-7-9-12/h5-11,14H,3-4H2,1-2H3. The van der Waals surface area contributed by atoms with Crippen molar-refractivity contribution in [2.24, 2.45) is 0 Å². The van der Waals surface area contributed by atoms with E-state index >= 15 is 0 Å². The lowest BCUT2D eigenvalue weighted by Gasteiger charge is -2.14. The molecule has 0 aliphatic carbocycles. The number of nitrogens with zero attached hydrogens (tertiary/aromatic N) is 2. The highest BCUT2D eigenvalue weighted by Gasteiger charge is 2.22. The molecule has 1 aromatic carbocycles. The van der Waals surface area contributed by atoms with E-state index in [1.807, 2.05) is 44.2 Å². The van der Waals surface area contributed by atoms with Gasteiger partial charge in [-0.2, -0.15) is 5.10 Å². The Morgan fingerprint density at radius 3 is 2.63 bits per heavy atom. The van der Waals surface area contributed by atoms with E-state index in [2.05, 4.69) is 5.10 Å². The van der Waals surface area contributed by atoms with E-state index in [0.29, 0.717) is 18.7 Å². The van der Waals surface area contributed by atoms with E-state index in [-0.39, 0.29) is 5.78 Å². The molecular weight excluding hydrogens is 240 g/mol. The highest BCUT2D eigenvalue weighted by molar-refractivity contribution is 5.98. The molecule has 4 heteroatoms. The molecule has 0 aliphatic heterocycles. The maximum absolute atomic E-state index is 12.4. The summed E-state index contributed by atoms with van der Waals surface area (Å²) in [6.45, 7) is 4.37. The summed E-state index contributed by atoms with van der Waals surface area (Å²) < 4.78 is 7.13. The van der Waals surface area contributed by atoms with Crippen LogP contribution < -0.4 is 0 Å². The molecule has 0 N–H and O–H groups in total. The zero-order valence-electron chi connectivity index (χ0n) is 11.2. The fourth-order valence-corrected chi connectivity index (χ4v) is 2.01. The van der Waals surface area contributed by atoms with Gasteiger partial charge in [0.1, 0.15) is 11.8 Å². The Balaban J connectivity index is 2.32. The SMILES string of the molecule is CCOC(CC)C(=O)c1ccnn1-c1ccccc1. The first-order valence-corrected chi connectivity index (χ1v) is 6.53. The maximum atomic E-state index is 12.4. The molecule has 0 saturated carbocycles. The zero-order chi connectivity index (χ0) is 13.7. The zero-order valence-corrected chi connectivity index (χ0v) is 11.2.